The molecule has 0 saturated heterocycles. The maximum Gasteiger partial charge on any atom is 0.0935 e. The van der Waals surface area contributed by atoms with E-state index in [4.69, 9.17) is 0 Å². The fourth-order valence-electron chi connectivity index (χ4n) is 1.50. The van der Waals surface area contributed by atoms with Gasteiger partial charge < -0.3 is 0 Å². The molecule has 0 saturated carbocycles. The van der Waals surface area contributed by atoms with E-state index in [9.17, 15) is 0 Å². The Morgan fingerprint density at radius 2 is 1.93 bits per heavy atom. The van der Waals surface area contributed by atoms with Crippen LogP contribution in [0.4, 0.5) is 0 Å². The average molecular weight is 217 g/mol. The summed E-state index contributed by atoms with van der Waals surface area (Å²) in [4.78, 5) is 4.64. The minimum absolute atomic E-state index is 0.680. The fraction of sp³-hybridized carbons (Fsp3) is 0.308. The smallest absolute Gasteiger partial charge is 0.0935 e. The van der Waals surface area contributed by atoms with E-state index in [0.29, 0.717) is 5.92 Å². The molecular formula is C13H15NS. The molecule has 0 N–H and O–H groups in total. The lowest BCUT2D eigenvalue weighted by atomic mass is 10.1. The van der Waals surface area contributed by atoms with E-state index >= 15 is 0 Å². The molecule has 2 rings (SSSR count). The quantitative estimate of drug-likeness (QED) is 0.757. The molecule has 0 aliphatic carbocycles. The molecule has 15 heavy (non-hydrogen) atoms. The van der Waals surface area contributed by atoms with E-state index < -0.39 is 0 Å². The number of rotatable bonds is 3. The molecule has 0 radical (unpaired) electrons. The third-order valence-corrected chi connectivity index (χ3v) is 3.08. The first-order valence-corrected chi connectivity index (χ1v) is 6.13. The number of thiazole rings is 1. The van der Waals surface area contributed by atoms with Crippen molar-refractivity contribution >= 4 is 11.3 Å². The number of hydrogen-bond donors (Lipinski definition) is 0. The zero-order valence-electron chi connectivity index (χ0n) is 9.10. The Morgan fingerprint density at radius 3 is 2.60 bits per heavy atom. The van der Waals surface area contributed by atoms with Crippen LogP contribution in [-0.2, 0) is 6.42 Å². The highest BCUT2D eigenvalue weighted by atomic mass is 32.1. The predicted octanol–water partition coefficient (Wildman–Crippen LogP) is 4.01. The van der Waals surface area contributed by atoms with Gasteiger partial charge in [0.2, 0.25) is 0 Å². The topological polar surface area (TPSA) is 12.9 Å². The van der Waals surface area contributed by atoms with Gasteiger partial charge in [-0.1, -0.05) is 44.2 Å². The van der Waals surface area contributed by atoms with Crippen molar-refractivity contribution in [3.63, 3.8) is 0 Å². The molecule has 0 amide bonds. The molecule has 2 aromatic rings. The summed E-state index contributed by atoms with van der Waals surface area (Å²) in [7, 11) is 0. The van der Waals surface area contributed by atoms with E-state index in [0.717, 1.165) is 12.1 Å². The van der Waals surface area contributed by atoms with E-state index in [2.05, 4.69) is 48.5 Å². The molecule has 0 unspecified atom stereocenters. The van der Waals surface area contributed by atoms with Crippen LogP contribution < -0.4 is 0 Å². The first-order chi connectivity index (χ1) is 7.25. The summed E-state index contributed by atoms with van der Waals surface area (Å²) in [6.07, 6.45) is 1.08. The second-order valence-corrected chi connectivity index (χ2v) is 5.03. The zero-order chi connectivity index (χ0) is 10.7. The first-order valence-electron chi connectivity index (χ1n) is 5.25. The predicted molar refractivity (Wildman–Crippen MR) is 66.1 cm³/mol. The van der Waals surface area contributed by atoms with Gasteiger partial charge in [-0.25, -0.2) is 4.98 Å². The van der Waals surface area contributed by atoms with Gasteiger partial charge in [-0.05, 0) is 5.92 Å². The second kappa shape index (κ2) is 4.58. The van der Waals surface area contributed by atoms with Crippen LogP contribution >= 0.6 is 11.3 Å². The Morgan fingerprint density at radius 1 is 1.20 bits per heavy atom. The number of aromatic nitrogens is 1. The van der Waals surface area contributed by atoms with E-state index in [-0.39, 0.29) is 0 Å². The van der Waals surface area contributed by atoms with Crippen LogP contribution in [0.3, 0.4) is 0 Å². The normalized spacial score (nSPS) is 10.9. The Bertz CT molecular complexity index is 417. The summed E-state index contributed by atoms with van der Waals surface area (Å²) in [5, 5.41) is 3.39. The van der Waals surface area contributed by atoms with E-state index in [1.165, 1.54) is 10.6 Å². The lowest BCUT2D eigenvalue weighted by molar-refractivity contribution is 0.645. The molecule has 1 heterocycles. The molecule has 0 atom stereocenters. The van der Waals surface area contributed by atoms with Crippen LogP contribution in [0, 0.1) is 5.92 Å². The Kier molecular flexibility index (Phi) is 3.17. The van der Waals surface area contributed by atoms with Crippen molar-refractivity contribution in [1.82, 2.24) is 4.98 Å². The molecule has 0 bridgehead atoms. The molecule has 78 valence electrons. The minimum Gasteiger partial charge on any atom is -0.241 e. The van der Waals surface area contributed by atoms with Crippen molar-refractivity contribution in [2.45, 2.75) is 20.3 Å². The van der Waals surface area contributed by atoms with Crippen LogP contribution in [0.1, 0.15) is 18.9 Å². The molecule has 1 aromatic heterocycles. The van der Waals surface area contributed by atoms with E-state index in [1.54, 1.807) is 11.3 Å². The standard InChI is InChI=1S/C13H15NS/c1-10(2)8-13-14-12(9-15-13)11-6-4-3-5-7-11/h3-7,9-10H,8H2,1-2H3. The van der Waals surface area contributed by atoms with Crippen LogP contribution in [0.5, 0.6) is 0 Å². The third kappa shape index (κ3) is 2.66. The average Bonchev–Trinajstić information content (AvgIpc) is 2.67. The van der Waals surface area contributed by atoms with Gasteiger partial charge in [0.1, 0.15) is 0 Å². The number of nitrogens with zero attached hydrogens (tertiary/aromatic N) is 1. The monoisotopic (exact) mass is 217 g/mol. The Hall–Kier alpha value is -1.15. The van der Waals surface area contributed by atoms with Crippen molar-refractivity contribution in [3.05, 3.63) is 40.7 Å². The lowest BCUT2D eigenvalue weighted by Crippen LogP contribution is -1.92. The Balaban J connectivity index is 2.21. The van der Waals surface area contributed by atoms with Crippen molar-refractivity contribution in [1.29, 1.82) is 0 Å². The van der Waals surface area contributed by atoms with Crippen molar-refractivity contribution in [2.75, 3.05) is 0 Å². The van der Waals surface area contributed by atoms with Gasteiger partial charge in [-0.3, -0.25) is 0 Å². The maximum atomic E-state index is 4.64. The molecule has 2 heteroatoms. The van der Waals surface area contributed by atoms with Gasteiger partial charge in [0.25, 0.3) is 0 Å². The summed E-state index contributed by atoms with van der Waals surface area (Å²) in [5.74, 6) is 0.680. The SMILES string of the molecule is CC(C)Cc1nc(-c2ccccc2)cs1. The van der Waals surface area contributed by atoms with Gasteiger partial charge in [0.15, 0.2) is 0 Å². The summed E-state index contributed by atoms with van der Waals surface area (Å²) >= 11 is 1.76. The van der Waals surface area contributed by atoms with Crippen molar-refractivity contribution < 1.29 is 0 Å². The number of hydrogen-bond acceptors (Lipinski definition) is 2. The maximum absolute atomic E-state index is 4.64. The van der Waals surface area contributed by atoms with Gasteiger partial charge in [0.05, 0.1) is 10.7 Å². The van der Waals surface area contributed by atoms with Gasteiger partial charge in [-0.15, -0.1) is 11.3 Å². The lowest BCUT2D eigenvalue weighted by Gasteiger charge is -1.99. The van der Waals surface area contributed by atoms with Crippen LogP contribution in [0.2, 0.25) is 0 Å². The van der Waals surface area contributed by atoms with Crippen LogP contribution in [0.25, 0.3) is 11.3 Å². The van der Waals surface area contributed by atoms with Gasteiger partial charge in [-0.2, -0.15) is 0 Å². The minimum atomic E-state index is 0.680. The van der Waals surface area contributed by atoms with Crippen molar-refractivity contribution in [2.24, 2.45) is 5.92 Å². The summed E-state index contributed by atoms with van der Waals surface area (Å²) < 4.78 is 0. The van der Waals surface area contributed by atoms with Crippen LogP contribution in [0.15, 0.2) is 35.7 Å². The molecule has 0 aliphatic heterocycles. The fourth-order valence-corrected chi connectivity index (χ4v) is 2.51. The Labute approximate surface area is 94.8 Å². The van der Waals surface area contributed by atoms with E-state index in [1.807, 2.05) is 6.07 Å². The number of benzene rings is 1. The summed E-state index contributed by atoms with van der Waals surface area (Å²) in [5.41, 5.74) is 2.32. The largest absolute Gasteiger partial charge is 0.241 e. The molecule has 0 spiro atoms. The molecule has 1 nitrogen and oxygen atoms in total. The second-order valence-electron chi connectivity index (χ2n) is 4.09. The van der Waals surface area contributed by atoms with Gasteiger partial charge >= 0.3 is 0 Å². The van der Waals surface area contributed by atoms with Crippen LogP contribution in [-0.4, -0.2) is 4.98 Å². The zero-order valence-corrected chi connectivity index (χ0v) is 9.92. The highest BCUT2D eigenvalue weighted by Gasteiger charge is 2.05. The molecule has 0 aliphatic rings. The first kappa shape index (κ1) is 10.4. The highest BCUT2D eigenvalue weighted by molar-refractivity contribution is 7.09. The molecular weight excluding hydrogens is 202 g/mol. The van der Waals surface area contributed by atoms with Gasteiger partial charge in [0, 0.05) is 17.4 Å². The van der Waals surface area contributed by atoms with Crippen molar-refractivity contribution in [3.8, 4) is 11.3 Å². The molecule has 1 aromatic carbocycles. The molecule has 0 fully saturated rings. The summed E-state index contributed by atoms with van der Waals surface area (Å²) in [6, 6.07) is 10.3. The third-order valence-electron chi connectivity index (χ3n) is 2.20. The highest BCUT2D eigenvalue weighted by Crippen LogP contribution is 2.22. The summed E-state index contributed by atoms with van der Waals surface area (Å²) in [6.45, 7) is 4.45.